The lowest BCUT2D eigenvalue weighted by Gasteiger charge is -2.21. The minimum absolute atomic E-state index is 0.179. The number of hydrogen-bond donors (Lipinski definition) is 1. The highest BCUT2D eigenvalue weighted by atomic mass is 35.7. The zero-order valence-electron chi connectivity index (χ0n) is 24.4. The molecule has 0 bridgehead atoms. The van der Waals surface area contributed by atoms with E-state index in [9.17, 15) is 18.1 Å². The van der Waals surface area contributed by atoms with Gasteiger partial charge in [0.25, 0.3) is 0 Å². The Hall–Kier alpha value is -1.95. The van der Waals surface area contributed by atoms with Crippen LogP contribution in [0.25, 0.3) is 0 Å². The van der Waals surface area contributed by atoms with E-state index < -0.39 is 30.5 Å². The molecule has 0 amide bonds. The molecule has 230 valence electrons. The standard InChI is InChI=1S/C32H47ClF2NO4P/c1-2-3-4-5-6-7-8-9-10-11-12-13-14-15-19-22-39-32(37)31(25-27-23-28(34)26-29(35)24-27)36-41(33,38)40-30-20-17-16-18-21-30/h16-18,20-21,23-24,26,31H,2-15,19,22,25H2,1H3,(H,36,38)/t31-,41?/m0/s1. The number of benzene rings is 2. The number of carbonyl (C=O) groups is 1. The fourth-order valence-corrected chi connectivity index (χ4v) is 6.33. The molecular weight excluding hydrogens is 567 g/mol. The molecule has 2 atom stereocenters. The summed E-state index contributed by atoms with van der Waals surface area (Å²) in [5.74, 6) is -2.02. The first kappa shape index (κ1) is 35.2. The molecule has 2 aromatic carbocycles. The summed E-state index contributed by atoms with van der Waals surface area (Å²) in [4.78, 5) is 12.9. The van der Waals surface area contributed by atoms with E-state index in [0.29, 0.717) is 6.42 Å². The normalized spacial score (nSPS) is 13.5. The highest BCUT2D eigenvalue weighted by Gasteiger charge is 2.31. The van der Waals surface area contributed by atoms with Crippen LogP contribution in [0.4, 0.5) is 8.78 Å². The summed E-state index contributed by atoms with van der Waals surface area (Å²) >= 11 is 6.11. The molecule has 0 aromatic heterocycles. The number of rotatable bonds is 23. The van der Waals surface area contributed by atoms with Crippen molar-refractivity contribution in [2.45, 2.75) is 116 Å². The van der Waals surface area contributed by atoms with Gasteiger partial charge in [-0.3, -0.25) is 4.79 Å². The van der Waals surface area contributed by atoms with Crippen LogP contribution < -0.4 is 9.61 Å². The van der Waals surface area contributed by atoms with Crippen molar-refractivity contribution in [1.29, 1.82) is 0 Å². The van der Waals surface area contributed by atoms with Crippen LogP contribution in [-0.4, -0.2) is 18.6 Å². The maximum absolute atomic E-state index is 13.7. The van der Waals surface area contributed by atoms with Crippen LogP contribution in [0.1, 0.15) is 109 Å². The third-order valence-corrected chi connectivity index (χ3v) is 8.48. The fraction of sp³-hybridized carbons (Fsp3) is 0.594. The van der Waals surface area contributed by atoms with Crippen molar-refractivity contribution in [3.05, 3.63) is 65.7 Å². The average Bonchev–Trinajstić information content (AvgIpc) is 2.92. The van der Waals surface area contributed by atoms with Gasteiger partial charge >= 0.3 is 12.8 Å². The van der Waals surface area contributed by atoms with E-state index in [1.165, 1.54) is 70.6 Å². The Kier molecular flexibility index (Phi) is 17.9. The molecule has 0 aliphatic heterocycles. The number of esters is 1. The Labute approximate surface area is 250 Å². The summed E-state index contributed by atoms with van der Waals surface area (Å²) in [6.07, 6.45) is 18.3. The monoisotopic (exact) mass is 613 g/mol. The second-order valence-electron chi connectivity index (χ2n) is 10.7. The first-order chi connectivity index (χ1) is 19.8. The van der Waals surface area contributed by atoms with Gasteiger partial charge in [0.1, 0.15) is 23.4 Å². The zero-order valence-corrected chi connectivity index (χ0v) is 26.1. The van der Waals surface area contributed by atoms with Crippen molar-refractivity contribution in [2.75, 3.05) is 6.61 Å². The van der Waals surface area contributed by atoms with Crippen LogP contribution in [0.2, 0.25) is 0 Å². The summed E-state index contributed by atoms with van der Waals surface area (Å²) in [5.41, 5.74) is 0.195. The van der Waals surface area contributed by atoms with E-state index in [2.05, 4.69) is 12.0 Å². The van der Waals surface area contributed by atoms with Gasteiger partial charge in [0.15, 0.2) is 0 Å². The Morgan fingerprint density at radius 1 is 0.805 bits per heavy atom. The van der Waals surface area contributed by atoms with E-state index in [-0.39, 0.29) is 24.3 Å². The Bertz CT molecular complexity index is 1020. The van der Waals surface area contributed by atoms with Crippen molar-refractivity contribution in [3.63, 3.8) is 0 Å². The summed E-state index contributed by atoms with van der Waals surface area (Å²) < 4.78 is 51.2. The number of carbonyl (C=O) groups excluding carboxylic acids is 1. The highest BCUT2D eigenvalue weighted by Crippen LogP contribution is 2.48. The second kappa shape index (κ2) is 20.9. The number of hydrogen-bond acceptors (Lipinski definition) is 4. The van der Waals surface area contributed by atoms with Crippen LogP contribution in [0.3, 0.4) is 0 Å². The second-order valence-corrected chi connectivity index (χ2v) is 13.4. The molecule has 0 radical (unpaired) electrons. The first-order valence-electron chi connectivity index (χ1n) is 15.2. The Morgan fingerprint density at radius 3 is 1.80 bits per heavy atom. The first-order valence-corrected chi connectivity index (χ1v) is 17.8. The van der Waals surface area contributed by atoms with Crippen molar-refractivity contribution < 1.29 is 27.4 Å². The molecule has 0 aliphatic rings. The van der Waals surface area contributed by atoms with E-state index in [1.54, 1.807) is 30.3 Å². The Morgan fingerprint density at radius 2 is 1.29 bits per heavy atom. The highest BCUT2D eigenvalue weighted by molar-refractivity contribution is 7.84. The third kappa shape index (κ3) is 16.9. The van der Waals surface area contributed by atoms with Gasteiger partial charge in [0, 0.05) is 17.3 Å². The molecule has 0 aliphatic carbocycles. The molecule has 9 heteroatoms. The van der Waals surface area contributed by atoms with Crippen molar-refractivity contribution in [2.24, 2.45) is 0 Å². The van der Waals surface area contributed by atoms with Gasteiger partial charge in [-0.25, -0.2) is 18.4 Å². The minimum atomic E-state index is -4.03. The number of halogens is 3. The third-order valence-electron chi connectivity index (χ3n) is 6.91. The quantitative estimate of drug-likeness (QED) is 0.0767. The lowest BCUT2D eigenvalue weighted by Crippen LogP contribution is -2.38. The predicted octanol–water partition coefficient (Wildman–Crippen LogP) is 10.3. The molecule has 0 saturated carbocycles. The van der Waals surface area contributed by atoms with Crippen LogP contribution >= 0.6 is 18.1 Å². The van der Waals surface area contributed by atoms with E-state index in [0.717, 1.165) is 37.5 Å². The smallest absolute Gasteiger partial charge is 0.409 e. The predicted molar refractivity (Wildman–Crippen MR) is 163 cm³/mol. The van der Waals surface area contributed by atoms with E-state index >= 15 is 0 Å². The van der Waals surface area contributed by atoms with Gasteiger partial charge in [-0.1, -0.05) is 115 Å². The fourth-order valence-electron chi connectivity index (χ4n) is 4.72. The molecule has 41 heavy (non-hydrogen) atoms. The molecule has 0 spiro atoms. The van der Waals surface area contributed by atoms with Gasteiger partial charge in [-0.15, -0.1) is 0 Å². The maximum Gasteiger partial charge on any atom is 0.409 e. The lowest BCUT2D eigenvalue weighted by molar-refractivity contribution is -0.145. The Balaban J connectivity index is 1.69. The van der Waals surface area contributed by atoms with Gasteiger partial charge in [-0.05, 0) is 42.7 Å². The maximum atomic E-state index is 13.7. The number of unbranched alkanes of at least 4 members (excludes halogenated alkanes) is 14. The summed E-state index contributed by atoms with van der Waals surface area (Å²) in [7, 11) is 0. The van der Waals surface area contributed by atoms with Gasteiger partial charge in [0.2, 0.25) is 0 Å². The molecule has 0 heterocycles. The number of nitrogens with one attached hydrogen (secondary N) is 1. The molecule has 1 unspecified atom stereocenters. The van der Waals surface area contributed by atoms with Crippen LogP contribution in [-0.2, 0) is 20.5 Å². The molecular formula is C32H47ClF2NO4P. The molecule has 2 aromatic rings. The summed E-state index contributed by atoms with van der Waals surface area (Å²) in [6.45, 7) is -1.59. The van der Waals surface area contributed by atoms with Crippen LogP contribution in [0.15, 0.2) is 48.5 Å². The molecule has 2 rings (SSSR count). The van der Waals surface area contributed by atoms with Crippen molar-refractivity contribution in [3.8, 4) is 5.75 Å². The summed E-state index contributed by atoms with van der Waals surface area (Å²) in [6, 6.07) is 10.0. The molecule has 0 fully saturated rings. The zero-order chi connectivity index (χ0) is 29.8. The topological polar surface area (TPSA) is 64.6 Å². The van der Waals surface area contributed by atoms with Gasteiger partial charge in [-0.2, -0.15) is 0 Å². The van der Waals surface area contributed by atoms with Crippen molar-refractivity contribution >= 4 is 24.1 Å². The average molecular weight is 614 g/mol. The molecule has 5 nitrogen and oxygen atoms in total. The number of para-hydroxylation sites is 1. The lowest BCUT2D eigenvalue weighted by atomic mass is 10.0. The molecule has 0 saturated heterocycles. The van der Waals surface area contributed by atoms with Gasteiger partial charge < -0.3 is 9.26 Å². The van der Waals surface area contributed by atoms with Gasteiger partial charge in [0.05, 0.1) is 6.61 Å². The largest absolute Gasteiger partial charge is 0.465 e. The van der Waals surface area contributed by atoms with Crippen LogP contribution in [0.5, 0.6) is 5.75 Å². The SMILES string of the molecule is CCCCCCCCCCCCCCCCCOC(=O)[C@H](Cc1cc(F)cc(F)c1)NP(=O)(Cl)Oc1ccccc1. The van der Waals surface area contributed by atoms with E-state index in [1.807, 2.05) is 0 Å². The number of ether oxygens (including phenoxy) is 1. The summed E-state index contributed by atoms with van der Waals surface area (Å²) in [5, 5.41) is 2.51. The molecule has 1 N–H and O–H groups in total. The van der Waals surface area contributed by atoms with Crippen molar-refractivity contribution in [1.82, 2.24) is 5.09 Å². The minimum Gasteiger partial charge on any atom is -0.465 e. The van der Waals surface area contributed by atoms with E-state index in [4.69, 9.17) is 20.5 Å². The van der Waals surface area contributed by atoms with Crippen LogP contribution in [0, 0.1) is 11.6 Å².